The fourth-order valence-corrected chi connectivity index (χ4v) is 2.29. The third-order valence-corrected chi connectivity index (χ3v) is 3.67. The summed E-state index contributed by atoms with van der Waals surface area (Å²) in [6.07, 6.45) is 0.970. The van der Waals surface area contributed by atoms with Gasteiger partial charge in [-0.25, -0.2) is 8.78 Å². The van der Waals surface area contributed by atoms with Gasteiger partial charge in [-0.1, -0.05) is 0 Å². The minimum absolute atomic E-state index is 0.101. The maximum atomic E-state index is 13.5. The highest BCUT2D eigenvalue weighted by molar-refractivity contribution is 9.10. The van der Waals surface area contributed by atoms with Crippen LogP contribution in [0.4, 0.5) is 14.5 Å². The van der Waals surface area contributed by atoms with Crippen molar-refractivity contribution in [3.63, 3.8) is 0 Å². The van der Waals surface area contributed by atoms with E-state index < -0.39 is 11.6 Å². The quantitative estimate of drug-likeness (QED) is 0.862. The summed E-state index contributed by atoms with van der Waals surface area (Å²) in [5.41, 5.74) is 0.317. The minimum Gasteiger partial charge on any atom is -0.381 e. The van der Waals surface area contributed by atoms with Gasteiger partial charge in [0.1, 0.15) is 11.6 Å². The second-order valence-corrected chi connectivity index (χ2v) is 5.16. The predicted octanol–water partition coefficient (Wildman–Crippen LogP) is 3.56. The predicted molar refractivity (Wildman–Crippen MR) is 66.1 cm³/mol. The molecule has 2 rings (SSSR count). The van der Waals surface area contributed by atoms with Crippen LogP contribution in [-0.2, 0) is 4.74 Å². The van der Waals surface area contributed by atoms with Crippen LogP contribution in [0.25, 0.3) is 0 Å². The van der Waals surface area contributed by atoms with E-state index in [1.54, 1.807) is 0 Å². The van der Waals surface area contributed by atoms with E-state index >= 15 is 0 Å². The van der Waals surface area contributed by atoms with E-state index in [0.29, 0.717) is 18.2 Å². The summed E-state index contributed by atoms with van der Waals surface area (Å²) in [4.78, 5) is 0. The maximum absolute atomic E-state index is 13.5. The molecule has 2 atom stereocenters. The second kappa shape index (κ2) is 5.31. The van der Waals surface area contributed by atoms with Crippen LogP contribution in [0.3, 0.4) is 0 Å². The highest BCUT2D eigenvalue weighted by Crippen LogP contribution is 2.26. The van der Waals surface area contributed by atoms with Crippen LogP contribution >= 0.6 is 15.9 Å². The first-order valence-electron chi connectivity index (χ1n) is 5.56. The van der Waals surface area contributed by atoms with Crippen molar-refractivity contribution in [1.82, 2.24) is 0 Å². The summed E-state index contributed by atoms with van der Waals surface area (Å²) >= 11 is 3.05. The average molecular weight is 306 g/mol. The molecule has 0 aromatic heterocycles. The van der Waals surface area contributed by atoms with Gasteiger partial charge in [-0.3, -0.25) is 0 Å². The van der Waals surface area contributed by atoms with Crippen LogP contribution in [0, 0.1) is 17.6 Å². The summed E-state index contributed by atoms with van der Waals surface area (Å²) in [6.45, 7) is 3.43. The van der Waals surface area contributed by atoms with Crippen molar-refractivity contribution < 1.29 is 13.5 Å². The second-order valence-electron chi connectivity index (χ2n) is 4.30. The molecular formula is C12H14BrF2NO. The molecule has 1 aliphatic heterocycles. The van der Waals surface area contributed by atoms with Crippen molar-refractivity contribution in [2.24, 2.45) is 5.92 Å². The lowest BCUT2D eigenvalue weighted by Crippen LogP contribution is -2.26. The van der Waals surface area contributed by atoms with E-state index in [1.165, 1.54) is 6.07 Å². The van der Waals surface area contributed by atoms with Gasteiger partial charge in [0, 0.05) is 24.6 Å². The van der Waals surface area contributed by atoms with E-state index in [2.05, 4.69) is 21.2 Å². The molecule has 5 heteroatoms. The van der Waals surface area contributed by atoms with Gasteiger partial charge in [0.25, 0.3) is 0 Å². The van der Waals surface area contributed by atoms with Gasteiger partial charge in [0.05, 0.1) is 16.8 Å². The molecule has 0 bridgehead atoms. The molecule has 2 nitrogen and oxygen atoms in total. The van der Waals surface area contributed by atoms with Gasteiger partial charge >= 0.3 is 0 Å². The molecule has 1 aliphatic rings. The Morgan fingerprint density at radius 2 is 2.18 bits per heavy atom. The SMILES string of the molecule is CC(Nc1cc(Br)c(F)cc1F)C1CCOC1. The Labute approximate surface area is 107 Å². The number of hydrogen-bond acceptors (Lipinski definition) is 2. The number of hydrogen-bond donors (Lipinski definition) is 1. The monoisotopic (exact) mass is 305 g/mol. The van der Waals surface area contributed by atoms with Gasteiger partial charge in [-0.05, 0) is 35.3 Å². The Morgan fingerprint density at radius 1 is 1.41 bits per heavy atom. The van der Waals surface area contributed by atoms with E-state index in [-0.39, 0.29) is 10.5 Å². The zero-order valence-corrected chi connectivity index (χ0v) is 11.1. The molecule has 0 spiro atoms. The van der Waals surface area contributed by atoms with Crippen LogP contribution in [0.2, 0.25) is 0 Å². The van der Waals surface area contributed by atoms with Crippen LogP contribution in [-0.4, -0.2) is 19.3 Å². The van der Waals surface area contributed by atoms with E-state index in [4.69, 9.17) is 4.74 Å². The fourth-order valence-electron chi connectivity index (χ4n) is 1.94. The lowest BCUT2D eigenvalue weighted by atomic mass is 10.0. The van der Waals surface area contributed by atoms with Gasteiger partial charge in [0.15, 0.2) is 0 Å². The molecule has 1 fully saturated rings. The van der Waals surface area contributed by atoms with Crippen molar-refractivity contribution in [2.75, 3.05) is 18.5 Å². The molecule has 1 saturated heterocycles. The van der Waals surface area contributed by atoms with E-state index in [1.807, 2.05) is 6.92 Å². The minimum atomic E-state index is -0.593. The first kappa shape index (κ1) is 12.8. The summed E-state index contributed by atoms with van der Waals surface area (Å²) in [6, 6.07) is 2.41. The smallest absolute Gasteiger partial charge is 0.149 e. The topological polar surface area (TPSA) is 21.3 Å². The Bertz CT molecular complexity index is 408. The molecule has 17 heavy (non-hydrogen) atoms. The van der Waals surface area contributed by atoms with Crippen LogP contribution in [0.1, 0.15) is 13.3 Å². The Morgan fingerprint density at radius 3 is 2.82 bits per heavy atom. The number of halogens is 3. The zero-order chi connectivity index (χ0) is 12.4. The first-order valence-corrected chi connectivity index (χ1v) is 6.36. The molecule has 0 amide bonds. The summed E-state index contributed by atoms with van der Waals surface area (Å²) in [5.74, 6) is -0.792. The highest BCUT2D eigenvalue weighted by atomic mass is 79.9. The molecule has 1 aromatic carbocycles. The molecule has 94 valence electrons. The molecular weight excluding hydrogens is 292 g/mol. The largest absolute Gasteiger partial charge is 0.381 e. The standard InChI is InChI=1S/C12H14BrF2NO/c1-7(8-2-3-17-6-8)16-12-4-9(13)10(14)5-11(12)15/h4-5,7-8,16H,2-3,6H2,1H3. The number of rotatable bonds is 3. The van der Waals surface area contributed by atoms with Crippen molar-refractivity contribution >= 4 is 21.6 Å². The maximum Gasteiger partial charge on any atom is 0.149 e. The number of benzene rings is 1. The third kappa shape index (κ3) is 2.96. The van der Waals surface area contributed by atoms with Crippen LogP contribution in [0.5, 0.6) is 0 Å². The molecule has 1 heterocycles. The van der Waals surface area contributed by atoms with E-state index in [0.717, 1.165) is 19.1 Å². The summed E-state index contributed by atoms with van der Waals surface area (Å²) in [5, 5.41) is 3.07. The van der Waals surface area contributed by atoms with Gasteiger partial charge < -0.3 is 10.1 Å². The Kier molecular flexibility index (Phi) is 3.99. The number of anilines is 1. The molecule has 1 aromatic rings. The number of nitrogens with one attached hydrogen (secondary N) is 1. The van der Waals surface area contributed by atoms with Gasteiger partial charge in [-0.2, -0.15) is 0 Å². The third-order valence-electron chi connectivity index (χ3n) is 3.07. The van der Waals surface area contributed by atoms with Crippen LogP contribution < -0.4 is 5.32 Å². The van der Waals surface area contributed by atoms with Crippen molar-refractivity contribution in [3.8, 4) is 0 Å². The molecule has 0 saturated carbocycles. The lowest BCUT2D eigenvalue weighted by Gasteiger charge is -2.21. The summed E-state index contributed by atoms with van der Waals surface area (Å²) < 4.78 is 32.1. The average Bonchev–Trinajstić information content (AvgIpc) is 2.79. The molecule has 0 radical (unpaired) electrons. The van der Waals surface area contributed by atoms with Crippen molar-refractivity contribution in [2.45, 2.75) is 19.4 Å². The van der Waals surface area contributed by atoms with Crippen molar-refractivity contribution in [1.29, 1.82) is 0 Å². The first-order chi connectivity index (χ1) is 8.08. The molecule has 0 aliphatic carbocycles. The normalized spacial score (nSPS) is 21.5. The van der Waals surface area contributed by atoms with Gasteiger partial charge in [0.2, 0.25) is 0 Å². The molecule has 1 N–H and O–H groups in total. The van der Waals surface area contributed by atoms with Crippen molar-refractivity contribution in [3.05, 3.63) is 28.2 Å². The number of ether oxygens (including phenoxy) is 1. The zero-order valence-electron chi connectivity index (χ0n) is 9.47. The lowest BCUT2D eigenvalue weighted by molar-refractivity contribution is 0.183. The summed E-state index contributed by atoms with van der Waals surface area (Å²) in [7, 11) is 0. The highest BCUT2D eigenvalue weighted by Gasteiger charge is 2.23. The molecule has 2 unspecified atom stereocenters. The van der Waals surface area contributed by atoms with Gasteiger partial charge in [-0.15, -0.1) is 0 Å². The van der Waals surface area contributed by atoms with E-state index in [9.17, 15) is 8.78 Å². The van der Waals surface area contributed by atoms with Crippen LogP contribution in [0.15, 0.2) is 16.6 Å². The fraction of sp³-hybridized carbons (Fsp3) is 0.500. The Balaban J connectivity index is 2.09. The Hall–Kier alpha value is -0.680.